The Balaban J connectivity index is 1.32. The summed E-state index contributed by atoms with van der Waals surface area (Å²) in [5, 5.41) is 3.20. The van der Waals surface area contributed by atoms with Crippen LogP contribution in [0.3, 0.4) is 0 Å². The summed E-state index contributed by atoms with van der Waals surface area (Å²) < 4.78 is 24.4. The largest absolute Gasteiger partial charge is 0.486 e. The average Bonchev–Trinajstić information content (AvgIpc) is 2.78. The molecule has 1 saturated heterocycles. The normalized spacial score (nSPS) is 17.5. The third kappa shape index (κ3) is 5.28. The number of fused-ring (bicyclic) bond motifs is 1. The third-order valence-corrected chi connectivity index (χ3v) is 5.84. The highest BCUT2D eigenvalue weighted by Crippen LogP contribution is 2.34. The molecule has 2 aromatic rings. The number of amides is 1. The van der Waals surface area contributed by atoms with E-state index in [0.29, 0.717) is 19.8 Å². The van der Waals surface area contributed by atoms with Crippen molar-refractivity contribution >= 4 is 11.6 Å². The Labute approximate surface area is 182 Å². The monoisotopic (exact) mass is 427 g/mol. The Morgan fingerprint density at radius 1 is 1.00 bits per heavy atom. The highest BCUT2D eigenvalue weighted by Gasteiger charge is 2.24. The highest BCUT2D eigenvalue weighted by molar-refractivity contribution is 5.78. The zero-order valence-corrected chi connectivity index (χ0v) is 18.1. The summed E-state index contributed by atoms with van der Waals surface area (Å²) in [6, 6.07) is 12.4. The van der Waals surface area contributed by atoms with Crippen molar-refractivity contribution in [2.45, 2.75) is 19.9 Å². The predicted octanol–water partition coefficient (Wildman–Crippen LogP) is 3.23. The highest BCUT2D eigenvalue weighted by atomic mass is 19.1. The summed E-state index contributed by atoms with van der Waals surface area (Å²) in [7, 11) is 0. The lowest BCUT2D eigenvalue weighted by molar-refractivity contribution is -0.123. The van der Waals surface area contributed by atoms with Gasteiger partial charge in [0, 0.05) is 31.9 Å². The summed E-state index contributed by atoms with van der Waals surface area (Å²) in [6.45, 7) is 8.88. The minimum Gasteiger partial charge on any atom is -0.486 e. The molecule has 0 radical (unpaired) electrons. The first-order chi connectivity index (χ1) is 15.0. The van der Waals surface area contributed by atoms with Gasteiger partial charge in [-0.15, -0.1) is 0 Å². The Hall–Kier alpha value is -2.80. The maximum absolute atomic E-state index is 13.1. The van der Waals surface area contributed by atoms with Crippen LogP contribution in [0.5, 0.6) is 11.5 Å². The number of benzene rings is 2. The zero-order chi connectivity index (χ0) is 21.8. The fourth-order valence-electron chi connectivity index (χ4n) is 4.13. The maximum atomic E-state index is 13.1. The minimum absolute atomic E-state index is 0.0174. The molecule has 6 nitrogen and oxygen atoms in total. The second kappa shape index (κ2) is 9.56. The van der Waals surface area contributed by atoms with Crippen molar-refractivity contribution in [3.63, 3.8) is 0 Å². The second-order valence-electron chi connectivity index (χ2n) is 8.43. The quantitative estimate of drug-likeness (QED) is 0.767. The van der Waals surface area contributed by atoms with E-state index in [1.54, 1.807) is 12.1 Å². The molecule has 2 aliphatic heterocycles. The van der Waals surface area contributed by atoms with Crippen LogP contribution in [-0.4, -0.2) is 56.7 Å². The summed E-state index contributed by atoms with van der Waals surface area (Å²) in [5.74, 6) is 1.52. The number of piperazine rings is 1. The Morgan fingerprint density at radius 2 is 1.68 bits per heavy atom. The van der Waals surface area contributed by atoms with Crippen LogP contribution in [0.2, 0.25) is 0 Å². The molecule has 2 aromatic carbocycles. The van der Waals surface area contributed by atoms with Crippen molar-refractivity contribution in [1.29, 1.82) is 0 Å². The van der Waals surface area contributed by atoms with Gasteiger partial charge in [-0.05, 0) is 47.9 Å². The minimum atomic E-state index is -0.225. The first-order valence-corrected chi connectivity index (χ1v) is 10.9. The first-order valence-electron chi connectivity index (χ1n) is 10.9. The van der Waals surface area contributed by atoms with Crippen LogP contribution in [0.4, 0.5) is 10.1 Å². The van der Waals surface area contributed by atoms with Gasteiger partial charge in [-0.2, -0.15) is 0 Å². The van der Waals surface area contributed by atoms with Crippen LogP contribution in [0.1, 0.15) is 25.5 Å². The van der Waals surface area contributed by atoms with Gasteiger partial charge in [-0.3, -0.25) is 9.69 Å². The number of halogens is 1. The number of hydrogen-bond acceptors (Lipinski definition) is 5. The second-order valence-corrected chi connectivity index (χ2v) is 8.43. The Bertz CT molecular complexity index is 895. The number of carbonyl (C=O) groups is 1. The zero-order valence-electron chi connectivity index (χ0n) is 18.1. The van der Waals surface area contributed by atoms with Crippen LogP contribution in [0.15, 0.2) is 42.5 Å². The van der Waals surface area contributed by atoms with E-state index >= 15 is 0 Å². The molecule has 1 fully saturated rings. The van der Waals surface area contributed by atoms with Crippen molar-refractivity contribution in [3.8, 4) is 11.5 Å². The molecule has 0 spiro atoms. The molecule has 0 aromatic heterocycles. The van der Waals surface area contributed by atoms with Gasteiger partial charge < -0.3 is 19.7 Å². The van der Waals surface area contributed by atoms with E-state index in [0.717, 1.165) is 48.9 Å². The van der Waals surface area contributed by atoms with Gasteiger partial charge in [-0.25, -0.2) is 4.39 Å². The number of rotatable bonds is 6. The van der Waals surface area contributed by atoms with Crippen LogP contribution in [0.25, 0.3) is 0 Å². The molecule has 31 heavy (non-hydrogen) atoms. The number of nitrogens with one attached hydrogen (secondary N) is 1. The fourth-order valence-corrected chi connectivity index (χ4v) is 4.13. The molecular formula is C24H30FN3O3. The van der Waals surface area contributed by atoms with E-state index in [-0.39, 0.29) is 23.7 Å². The van der Waals surface area contributed by atoms with Gasteiger partial charge in [0.05, 0.1) is 12.6 Å². The average molecular weight is 428 g/mol. The third-order valence-electron chi connectivity index (χ3n) is 5.84. The lowest BCUT2D eigenvalue weighted by Crippen LogP contribution is -2.50. The molecule has 2 heterocycles. The molecule has 0 unspecified atom stereocenters. The van der Waals surface area contributed by atoms with Gasteiger partial charge in [0.1, 0.15) is 19.0 Å². The van der Waals surface area contributed by atoms with Gasteiger partial charge in [-0.1, -0.05) is 19.9 Å². The van der Waals surface area contributed by atoms with Crippen molar-refractivity contribution < 1.29 is 18.7 Å². The molecule has 1 atom stereocenters. The maximum Gasteiger partial charge on any atom is 0.234 e. The first kappa shape index (κ1) is 21.4. The standard InChI is InChI=1S/C24H30FN3O3/c1-17(2)24(18-3-8-21-22(15-18)31-14-13-30-21)26-23(29)16-27-9-11-28(12-10-27)20-6-4-19(25)5-7-20/h3-8,15,17,24H,9-14,16H2,1-2H3,(H,26,29)/t24-/m0/s1. The van der Waals surface area contributed by atoms with Crippen LogP contribution < -0.4 is 19.7 Å². The number of ether oxygens (including phenoxy) is 2. The smallest absolute Gasteiger partial charge is 0.234 e. The van der Waals surface area contributed by atoms with Crippen LogP contribution >= 0.6 is 0 Å². The van der Waals surface area contributed by atoms with Gasteiger partial charge in [0.2, 0.25) is 5.91 Å². The number of nitrogens with zero attached hydrogens (tertiary/aromatic N) is 2. The Morgan fingerprint density at radius 3 is 2.35 bits per heavy atom. The van der Waals surface area contributed by atoms with Crippen molar-refractivity contribution in [1.82, 2.24) is 10.2 Å². The SMILES string of the molecule is CC(C)[C@H](NC(=O)CN1CCN(c2ccc(F)cc2)CC1)c1ccc2c(c1)OCCO2. The molecule has 4 rings (SSSR count). The lowest BCUT2D eigenvalue weighted by atomic mass is 9.95. The molecule has 0 saturated carbocycles. The Kier molecular flexibility index (Phi) is 6.61. The fraction of sp³-hybridized carbons (Fsp3) is 0.458. The van der Waals surface area contributed by atoms with Crippen molar-refractivity contribution in [2.24, 2.45) is 5.92 Å². The molecular weight excluding hydrogens is 397 g/mol. The van der Waals surface area contributed by atoms with Gasteiger partial charge in [0.25, 0.3) is 0 Å². The molecule has 2 aliphatic rings. The van der Waals surface area contributed by atoms with Crippen molar-refractivity contribution in [2.75, 3.05) is 50.8 Å². The molecule has 7 heteroatoms. The van der Waals surface area contributed by atoms with E-state index in [9.17, 15) is 9.18 Å². The van der Waals surface area contributed by atoms with Crippen LogP contribution in [-0.2, 0) is 4.79 Å². The summed E-state index contributed by atoms with van der Waals surface area (Å²) in [5.41, 5.74) is 2.04. The number of anilines is 1. The topological polar surface area (TPSA) is 54.0 Å². The van der Waals surface area contributed by atoms with E-state index in [1.165, 1.54) is 12.1 Å². The number of carbonyl (C=O) groups excluding carboxylic acids is 1. The van der Waals surface area contributed by atoms with E-state index in [2.05, 4.69) is 29.0 Å². The predicted molar refractivity (Wildman–Crippen MR) is 118 cm³/mol. The van der Waals surface area contributed by atoms with Gasteiger partial charge >= 0.3 is 0 Å². The molecule has 1 N–H and O–H groups in total. The molecule has 0 aliphatic carbocycles. The summed E-state index contributed by atoms with van der Waals surface area (Å²) in [4.78, 5) is 17.2. The molecule has 1 amide bonds. The lowest BCUT2D eigenvalue weighted by Gasteiger charge is -2.36. The summed E-state index contributed by atoms with van der Waals surface area (Å²) in [6.07, 6.45) is 0. The van der Waals surface area contributed by atoms with E-state index < -0.39 is 0 Å². The number of hydrogen-bond donors (Lipinski definition) is 1. The molecule has 0 bridgehead atoms. The summed E-state index contributed by atoms with van der Waals surface area (Å²) >= 11 is 0. The van der Waals surface area contributed by atoms with E-state index in [1.807, 2.05) is 18.2 Å². The van der Waals surface area contributed by atoms with Crippen molar-refractivity contribution in [3.05, 3.63) is 53.8 Å². The van der Waals surface area contributed by atoms with E-state index in [4.69, 9.17) is 9.47 Å². The molecule has 166 valence electrons. The van der Waals surface area contributed by atoms with Crippen LogP contribution in [0, 0.1) is 11.7 Å². The van der Waals surface area contributed by atoms with Gasteiger partial charge in [0.15, 0.2) is 11.5 Å².